The summed E-state index contributed by atoms with van der Waals surface area (Å²) < 4.78 is 5.28. The third-order valence-electron chi connectivity index (χ3n) is 3.19. The molecule has 2 aromatic rings. The van der Waals surface area contributed by atoms with Crippen LogP contribution in [0.4, 0.5) is 0 Å². The first-order valence-electron chi connectivity index (χ1n) is 7.64. The average molecular weight is 297 g/mol. The fourth-order valence-corrected chi connectivity index (χ4v) is 2.17. The summed E-state index contributed by atoms with van der Waals surface area (Å²) in [5, 5.41) is 1.12. The van der Waals surface area contributed by atoms with E-state index in [0.29, 0.717) is 0 Å². The fraction of sp³-hybridized carbons (Fsp3) is 0.368. The fourth-order valence-electron chi connectivity index (χ4n) is 2.17. The van der Waals surface area contributed by atoms with Gasteiger partial charge in [0.15, 0.2) is 0 Å². The predicted molar refractivity (Wildman–Crippen MR) is 90.6 cm³/mol. The van der Waals surface area contributed by atoms with Crippen molar-refractivity contribution in [2.24, 2.45) is 0 Å². The summed E-state index contributed by atoms with van der Waals surface area (Å²) in [6.45, 7) is 7.73. The number of nitrogens with zero attached hydrogens (tertiary/aromatic N) is 1. The Morgan fingerprint density at radius 1 is 1.27 bits per heavy atom. The SMILES string of the molecule is CCc1cnc2ccc(/C=C/CC(=O)OC(C)(C)C)cc2c1. The van der Waals surface area contributed by atoms with Crippen molar-refractivity contribution in [2.45, 2.75) is 46.1 Å². The monoisotopic (exact) mass is 297 g/mol. The standard InChI is InChI=1S/C19H23NO2/c1-5-14-11-16-12-15(9-10-17(16)20-13-14)7-6-8-18(21)22-19(2,3)4/h6-7,9-13H,5,8H2,1-4H3/b7-6+. The molecule has 22 heavy (non-hydrogen) atoms. The summed E-state index contributed by atoms with van der Waals surface area (Å²) in [6.07, 6.45) is 6.96. The summed E-state index contributed by atoms with van der Waals surface area (Å²) in [6, 6.07) is 8.26. The zero-order chi connectivity index (χ0) is 16.2. The van der Waals surface area contributed by atoms with E-state index >= 15 is 0 Å². The predicted octanol–water partition coefficient (Wildman–Crippen LogP) is 4.54. The molecule has 0 saturated carbocycles. The third-order valence-corrected chi connectivity index (χ3v) is 3.19. The first kappa shape index (κ1) is 16.2. The second-order valence-corrected chi connectivity index (χ2v) is 6.34. The molecule has 1 heterocycles. The van der Waals surface area contributed by atoms with E-state index in [1.54, 1.807) is 0 Å². The van der Waals surface area contributed by atoms with Gasteiger partial charge in [-0.2, -0.15) is 0 Å². The molecule has 1 aromatic carbocycles. The zero-order valence-electron chi connectivity index (χ0n) is 13.7. The van der Waals surface area contributed by atoms with Crippen LogP contribution in [-0.4, -0.2) is 16.6 Å². The number of esters is 1. The number of ether oxygens (including phenoxy) is 1. The molecule has 0 fully saturated rings. The number of benzene rings is 1. The van der Waals surface area contributed by atoms with Crippen molar-refractivity contribution in [3.8, 4) is 0 Å². The van der Waals surface area contributed by atoms with Gasteiger partial charge in [-0.05, 0) is 56.5 Å². The van der Waals surface area contributed by atoms with Crippen LogP contribution < -0.4 is 0 Å². The zero-order valence-corrected chi connectivity index (χ0v) is 13.7. The minimum Gasteiger partial charge on any atom is -0.460 e. The third kappa shape index (κ3) is 4.69. The number of aromatic nitrogens is 1. The number of rotatable bonds is 4. The van der Waals surface area contributed by atoms with Gasteiger partial charge in [0.05, 0.1) is 11.9 Å². The Labute approximate surface area is 132 Å². The molecule has 1 aromatic heterocycles. The molecule has 0 saturated heterocycles. The number of hydrogen-bond acceptors (Lipinski definition) is 3. The van der Waals surface area contributed by atoms with Crippen LogP contribution in [0.3, 0.4) is 0 Å². The Kier molecular flexibility index (Phi) is 4.96. The first-order chi connectivity index (χ1) is 10.4. The van der Waals surface area contributed by atoms with Gasteiger partial charge in [0.25, 0.3) is 0 Å². The number of aryl methyl sites for hydroxylation is 1. The molecule has 3 heteroatoms. The number of hydrogen-bond donors (Lipinski definition) is 0. The van der Waals surface area contributed by atoms with Crippen LogP contribution in [-0.2, 0) is 16.0 Å². The Morgan fingerprint density at radius 3 is 2.73 bits per heavy atom. The Bertz CT molecular complexity index is 696. The maximum absolute atomic E-state index is 11.7. The van der Waals surface area contributed by atoms with E-state index in [2.05, 4.69) is 24.0 Å². The average Bonchev–Trinajstić information content (AvgIpc) is 2.44. The van der Waals surface area contributed by atoms with Crippen LogP contribution >= 0.6 is 0 Å². The lowest BCUT2D eigenvalue weighted by Gasteiger charge is -2.18. The van der Waals surface area contributed by atoms with Crippen LogP contribution in [0.25, 0.3) is 17.0 Å². The quantitative estimate of drug-likeness (QED) is 0.778. The van der Waals surface area contributed by atoms with Crippen molar-refractivity contribution in [1.82, 2.24) is 4.98 Å². The molecule has 0 aliphatic rings. The molecule has 0 atom stereocenters. The van der Waals surface area contributed by atoms with Crippen molar-refractivity contribution in [1.29, 1.82) is 0 Å². The van der Waals surface area contributed by atoms with Crippen molar-refractivity contribution < 1.29 is 9.53 Å². The van der Waals surface area contributed by atoms with Gasteiger partial charge in [-0.25, -0.2) is 0 Å². The molecule has 116 valence electrons. The van der Waals surface area contributed by atoms with E-state index in [1.165, 1.54) is 5.56 Å². The van der Waals surface area contributed by atoms with Crippen molar-refractivity contribution in [3.63, 3.8) is 0 Å². The van der Waals surface area contributed by atoms with Crippen molar-refractivity contribution >= 4 is 22.9 Å². The molecule has 0 unspecified atom stereocenters. The maximum atomic E-state index is 11.7. The van der Waals surface area contributed by atoms with Gasteiger partial charge in [-0.15, -0.1) is 0 Å². The van der Waals surface area contributed by atoms with Gasteiger partial charge in [0, 0.05) is 11.6 Å². The summed E-state index contributed by atoms with van der Waals surface area (Å²) >= 11 is 0. The Balaban J connectivity index is 2.08. The highest BCUT2D eigenvalue weighted by atomic mass is 16.6. The molecular weight excluding hydrogens is 274 g/mol. The van der Waals surface area contributed by atoms with Gasteiger partial charge in [-0.1, -0.05) is 25.1 Å². The van der Waals surface area contributed by atoms with Crippen LogP contribution in [0, 0.1) is 0 Å². The molecular formula is C19H23NO2. The van der Waals surface area contributed by atoms with E-state index in [1.807, 2.05) is 51.3 Å². The molecule has 0 amide bonds. The van der Waals surface area contributed by atoms with Crippen LogP contribution in [0.2, 0.25) is 0 Å². The van der Waals surface area contributed by atoms with Gasteiger partial charge >= 0.3 is 5.97 Å². The van der Waals surface area contributed by atoms with E-state index in [0.717, 1.165) is 22.9 Å². The largest absolute Gasteiger partial charge is 0.460 e. The van der Waals surface area contributed by atoms with E-state index in [9.17, 15) is 4.79 Å². The lowest BCUT2D eigenvalue weighted by molar-refractivity contribution is -0.153. The van der Waals surface area contributed by atoms with E-state index < -0.39 is 5.60 Å². The van der Waals surface area contributed by atoms with Crippen molar-refractivity contribution in [2.75, 3.05) is 0 Å². The summed E-state index contributed by atoms with van der Waals surface area (Å²) in [7, 11) is 0. The summed E-state index contributed by atoms with van der Waals surface area (Å²) in [5.41, 5.74) is 2.84. The van der Waals surface area contributed by atoms with Crippen LogP contribution in [0.1, 0.15) is 45.2 Å². The topological polar surface area (TPSA) is 39.2 Å². The summed E-state index contributed by atoms with van der Waals surface area (Å²) in [4.78, 5) is 16.1. The Hall–Kier alpha value is -2.16. The van der Waals surface area contributed by atoms with Gasteiger partial charge in [0.2, 0.25) is 0 Å². The van der Waals surface area contributed by atoms with Gasteiger partial charge in [0.1, 0.15) is 5.60 Å². The number of pyridine rings is 1. The highest BCUT2D eigenvalue weighted by molar-refractivity contribution is 5.82. The highest BCUT2D eigenvalue weighted by Gasteiger charge is 2.14. The summed E-state index contributed by atoms with van der Waals surface area (Å²) in [5.74, 6) is -0.209. The highest BCUT2D eigenvalue weighted by Crippen LogP contribution is 2.17. The number of fused-ring (bicyclic) bond motifs is 1. The molecule has 3 nitrogen and oxygen atoms in total. The molecule has 0 radical (unpaired) electrons. The van der Waals surface area contributed by atoms with Gasteiger partial charge < -0.3 is 4.74 Å². The lowest BCUT2D eigenvalue weighted by Crippen LogP contribution is -2.23. The Morgan fingerprint density at radius 2 is 2.05 bits per heavy atom. The molecule has 0 N–H and O–H groups in total. The molecule has 0 aliphatic carbocycles. The first-order valence-corrected chi connectivity index (χ1v) is 7.64. The van der Waals surface area contributed by atoms with Crippen molar-refractivity contribution in [3.05, 3.63) is 47.7 Å². The lowest BCUT2D eigenvalue weighted by atomic mass is 10.1. The molecule has 0 bridgehead atoms. The molecule has 2 rings (SSSR count). The minimum atomic E-state index is -0.434. The second-order valence-electron chi connectivity index (χ2n) is 6.34. The van der Waals surface area contributed by atoms with Crippen LogP contribution in [0.5, 0.6) is 0 Å². The van der Waals surface area contributed by atoms with E-state index in [4.69, 9.17) is 4.74 Å². The van der Waals surface area contributed by atoms with Gasteiger partial charge in [-0.3, -0.25) is 9.78 Å². The van der Waals surface area contributed by atoms with Crippen LogP contribution in [0.15, 0.2) is 36.5 Å². The molecule has 0 spiro atoms. The maximum Gasteiger partial charge on any atom is 0.310 e. The van der Waals surface area contributed by atoms with E-state index in [-0.39, 0.29) is 12.4 Å². The minimum absolute atomic E-state index is 0.209. The normalized spacial score (nSPS) is 12.0. The molecule has 0 aliphatic heterocycles. The number of carbonyl (C=O) groups excluding carboxylic acids is 1. The number of carbonyl (C=O) groups is 1. The smallest absolute Gasteiger partial charge is 0.310 e. The second kappa shape index (κ2) is 6.73.